The summed E-state index contributed by atoms with van der Waals surface area (Å²) in [5.41, 5.74) is 3.65. The lowest BCUT2D eigenvalue weighted by Crippen LogP contribution is -2.28. The normalized spacial score (nSPS) is 11.3. The molecule has 0 unspecified atom stereocenters. The Kier molecular flexibility index (Phi) is 4.13. The molecule has 2 aromatic carbocycles. The lowest BCUT2D eigenvalue weighted by molar-refractivity contribution is 0.0987. The van der Waals surface area contributed by atoms with Crippen LogP contribution in [0.3, 0.4) is 0 Å². The van der Waals surface area contributed by atoms with E-state index in [1.807, 2.05) is 54.2 Å². The molecule has 5 nitrogen and oxygen atoms in total. The number of aromatic nitrogens is 3. The zero-order valence-electron chi connectivity index (χ0n) is 16.6. The number of benzene rings is 2. The lowest BCUT2D eigenvalue weighted by Gasteiger charge is -2.19. The van der Waals surface area contributed by atoms with Crippen molar-refractivity contribution in [3.8, 4) is 5.69 Å². The van der Waals surface area contributed by atoms with E-state index in [1.54, 1.807) is 41.0 Å². The minimum absolute atomic E-state index is 0.189. The Morgan fingerprint density at radius 2 is 1.83 bits per heavy atom. The average Bonchev–Trinajstić information content (AvgIpc) is 3.33. The van der Waals surface area contributed by atoms with Crippen LogP contribution < -0.4 is 4.90 Å². The molecule has 0 N–H and O–H groups in total. The minimum Gasteiger partial charge on any atom is -0.351 e. The summed E-state index contributed by atoms with van der Waals surface area (Å²) in [6.45, 7) is 0. The summed E-state index contributed by atoms with van der Waals surface area (Å²) in [5.74, 6) is -0.551. The van der Waals surface area contributed by atoms with E-state index in [-0.39, 0.29) is 11.7 Å². The molecule has 0 aliphatic rings. The molecule has 0 atom stereocenters. The van der Waals surface area contributed by atoms with E-state index in [4.69, 9.17) is 0 Å². The van der Waals surface area contributed by atoms with Gasteiger partial charge in [-0.2, -0.15) is 0 Å². The summed E-state index contributed by atoms with van der Waals surface area (Å²) >= 11 is 0. The second-order valence-electron chi connectivity index (χ2n) is 7.31. The molecular weight excluding hydrogens is 379 g/mol. The van der Waals surface area contributed by atoms with Crippen LogP contribution in [0.2, 0.25) is 0 Å². The van der Waals surface area contributed by atoms with Crippen molar-refractivity contribution in [3.63, 3.8) is 0 Å². The third-order valence-corrected chi connectivity index (χ3v) is 5.45. The van der Waals surface area contributed by atoms with Crippen molar-refractivity contribution < 1.29 is 9.18 Å². The molecule has 0 spiro atoms. The second-order valence-corrected chi connectivity index (χ2v) is 7.31. The van der Waals surface area contributed by atoms with Crippen molar-refractivity contribution in [1.29, 1.82) is 0 Å². The first-order chi connectivity index (χ1) is 14.5. The zero-order chi connectivity index (χ0) is 20.8. The van der Waals surface area contributed by atoms with Gasteiger partial charge >= 0.3 is 0 Å². The number of hydrogen-bond donors (Lipinski definition) is 0. The van der Waals surface area contributed by atoms with Crippen molar-refractivity contribution in [2.45, 2.75) is 0 Å². The molecule has 0 radical (unpaired) electrons. The average molecular weight is 398 g/mol. The summed E-state index contributed by atoms with van der Waals surface area (Å²) in [4.78, 5) is 19.3. The predicted molar refractivity (Wildman–Crippen MR) is 117 cm³/mol. The Bertz CT molecular complexity index is 1420. The van der Waals surface area contributed by atoms with Crippen LogP contribution in [0.15, 0.2) is 79.3 Å². The van der Waals surface area contributed by atoms with Crippen LogP contribution in [0, 0.1) is 5.82 Å². The van der Waals surface area contributed by atoms with Gasteiger partial charge in [0.15, 0.2) is 0 Å². The monoisotopic (exact) mass is 398 g/mol. The van der Waals surface area contributed by atoms with E-state index in [0.717, 1.165) is 27.5 Å². The van der Waals surface area contributed by atoms with Crippen LogP contribution in [0.25, 0.3) is 27.5 Å². The SMILES string of the molecule is CN(C(=O)c1cc2ccncc2n1-c1cccc(F)c1)c1ccc2c(ccn2C)c1. The van der Waals surface area contributed by atoms with Crippen molar-refractivity contribution in [3.05, 3.63) is 90.8 Å². The summed E-state index contributed by atoms with van der Waals surface area (Å²) in [7, 11) is 3.74. The van der Waals surface area contributed by atoms with Gasteiger partial charge in [-0.15, -0.1) is 0 Å². The number of hydrogen-bond acceptors (Lipinski definition) is 2. The summed E-state index contributed by atoms with van der Waals surface area (Å²) in [6, 6.07) is 17.8. The molecule has 0 aliphatic heterocycles. The molecule has 0 saturated carbocycles. The predicted octanol–water partition coefficient (Wildman–Crippen LogP) is 4.93. The van der Waals surface area contributed by atoms with Gasteiger partial charge in [0, 0.05) is 54.2 Å². The van der Waals surface area contributed by atoms with E-state index >= 15 is 0 Å². The molecule has 1 amide bonds. The van der Waals surface area contributed by atoms with Gasteiger partial charge in [0.25, 0.3) is 5.91 Å². The number of fused-ring (bicyclic) bond motifs is 2. The van der Waals surface area contributed by atoms with Crippen molar-refractivity contribution >= 4 is 33.4 Å². The van der Waals surface area contributed by atoms with Crippen LogP contribution in [0.4, 0.5) is 10.1 Å². The molecule has 3 heterocycles. The maximum atomic E-state index is 13.9. The molecule has 6 heteroatoms. The van der Waals surface area contributed by atoms with Gasteiger partial charge in [-0.3, -0.25) is 9.78 Å². The van der Waals surface area contributed by atoms with Gasteiger partial charge < -0.3 is 14.0 Å². The van der Waals surface area contributed by atoms with Crippen LogP contribution in [0.1, 0.15) is 10.5 Å². The minimum atomic E-state index is -0.362. The number of rotatable bonds is 3. The first-order valence-electron chi connectivity index (χ1n) is 9.57. The highest BCUT2D eigenvalue weighted by atomic mass is 19.1. The van der Waals surface area contributed by atoms with Crippen molar-refractivity contribution in [2.75, 3.05) is 11.9 Å². The van der Waals surface area contributed by atoms with E-state index in [1.165, 1.54) is 12.1 Å². The number of aryl methyl sites for hydroxylation is 1. The van der Waals surface area contributed by atoms with Crippen molar-refractivity contribution in [1.82, 2.24) is 14.1 Å². The van der Waals surface area contributed by atoms with Gasteiger partial charge in [-0.05, 0) is 54.6 Å². The fraction of sp³-hybridized carbons (Fsp3) is 0.0833. The zero-order valence-corrected chi connectivity index (χ0v) is 16.6. The molecule has 0 saturated heterocycles. The fourth-order valence-corrected chi connectivity index (χ4v) is 3.86. The topological polar surface area (TPSA) is 43.1 Å². The summed E-state index contributed by atoms with van der Waals surface area (Å²) < 4.78 is 17.7. The van der Waals surface area contributed by atoms with E-state index in [9.17, 15) is 9.18 Å². The molecule has 0 aliphatic carbocycles. The number of halogens is 1. The highest BCUT2D eigenvalue weighted by Gasteiger charge is 2.22. The van der Waals surface area contributed by atoms with Crippen molar-refractivity contribution in [2.24, 2.45) is 7.05 Å². The van der Waals surface area contributed by atoms with Crippen LogP contribution in [-0.2, 0) is 7.05 Å². The number of anilines is 1. The van der Waals surface area contributed by atoms with Crippen LogP contribution in [0.5, 0.6) is 0 Å². The number of nitrogens with zero attached hydrogens (tertiary/aromatic N) is 4. The molecule has 3 aromatic heterocycles. The lowest BCUT2D eigenvalue weighted by atomic mass is 10.2. The highest BCUT2D eigenvalue weighted by molar-refractivity contribution is 6.09. The van der Waals surface area contributed by atoms with E-state index in [2.05, 4.69) is 4.98 Å². The Hall–Kier alpha value is -3.93. The number of carbonyl (C=O) groups is 1. The van der Waals surface area contributed by atoms with E-state index in [0.29, 0.717) is 11.4 Å². The van der Waals surface area contributed by atoms with Crippen LogP contribution in [-0.4, -0.2) is 27.1 Å². The first kappa shape index (κ1) is 18.1. The Labute approximate surface area is 172 Å². The smallest absolute Gasteiger partial charge is 0.275 e. The third kappa shape index (κ3) is 2.85. The Balaban J connectivity index is 1.64. The number of carbonyl (C=O) groups excluding carboxylic acids is 1. The maximum absolute atomic E-state index is 13.9. The molecule has 148 valence electrons. The maximum Gasteiger partial charge on any atom is 0.275 e. The van der Waals surface area contributed by atoms with Gasteiger partial charge in [0.05, 0.1) is 11.7 Å². The van der Waals surface area contributed by atoms with Gasteiger partial charge in [0.1, 0.15) is 11.5 Å². The third-order valence-electron chi connectivity index (χ3n) is 5.45. The Morgan fingerprint density at radius 1 is 1.00 bits per heavy atom. The van der Waals surface area contributed by atoms with Gasteiger partial charge in [0.2, 0.25) is 0 Å². The molecular formula is C24H19FN4O. The van der Waals surface area contributed by atoms with Gasteiger partial charge in [-0.1, -0.05) is 6.07 Å². The standard InChI is InChI=1S/C24H19FN4O/c1-27-11-9-17-12-19(6-7-21(17)27)28(2)24(30)22-13-16-8-10-26-15-23(16)29(22)20-5-3-4-18(25)14-20/h3-15H,1-2H3. The van der Waals surface area contributed by atoms with Crippen LogP contribution >= 0.6 is 0 Å². The number of pyridine rings is 1. The van der Waals surface area contributed by atoms with Gasteiger partial charge in [-0.25, -0.2) is 4.39 Å². The quantitative estimate of drug-likeness (QED) is 0.432. The number of amides is 1. The summed E-state index contributed by atoms with van der Waals surface area (Å²) in [6.07, 6.45) is 5.36. The highest BCUT2D eigenvalue weighted by Crippen LogP contribution is 2.28. The van der Waals surface area contributed by atoms with E-state index < -0.39 is 0 Å². The largest absolute Gasteiger partial charge is 0.351 e. The summed E-state index contributed by atoms with van der Waals surface area (Å²) in [5, 5.41) is 1.93. The molecule has 5 aromatic rings. The molecule has 30 heavy (non-hydrogen) atoms. The second kappa shape index (κ2) is 6.84. The first-order valence-corrected chi connectivity index (χ1v) is 9.57. The Morgan fingerprint density at radius 3 is 2.67 bits per heavy atom. The fourth-order valence-electron chi connectivity index (χ4n) is 3.86. The molecule has 5 rings (SSSR count). The molecule has 0 fully saturated rings. The molecule has 0 bridgehead atoms.